The van der Waals surface area contributed by atoms with Gasteiger partial charge >= 0.3 is 0 Å². The van der Waals surface area contributed by atoms with Gasteiger partial charge in [-0.05, 0) is 104 Å². The van der Waals surface area contributed by atoms with E-state index in [2.05, 4.69) is 47.6 Å². The van der Waals surface area contributed by atoms with E-state index in [1.807, 2.05) is 5.57 Å². The first-order chi connectivity index (χ1) is 13.7. The van der Waals surface area contributed by atoms with Crippen LogP contribution in [0.5, 0.6) is 0 Å². The van der Waals surface area contributed by atoms with Crippen molar-refractivity contribution >= 4 is 0 Å². The molecule has 3 fully saturated rings. The van der Waals surface area contributed by atoms with Crippen LogP contribution in [0.2, 0.25) is 0 Å². The highest BCUT2D eigenvalue weighted by atomic mass is 16.3. The molecule has 1 heteroatoms. The van der Waals surface area contributed by atoms with E-state index in [4.69, 9.17) is 0 Å². The summed E-state index contributed by atoms with van der Waals surface area (Å²) >= 11 is 0. The predicted octanol–water partition coefficient (Wildman–Crippen LogP) is 7.63. The summed E-state index contributed by atoms with van der Waals surface area (Å²) in [5.41, 5.74) is 2.88. The van der Waals surface area contributed by atoms with Gasteiger partial charge in [0.15, 0.2) is 0 Å². The van der Waals surface area contributed by atoms with Crippen molar-refractivity contribution in [2.45, 2.75) is 112 Å². The van der Waals surface area contributed by atoms with Crippen LogP contribution in [0.1, 0.15) is 106 Å². The molecular formula is C28H48O. The standard InChI is InChI=1S/C28H48O/c1-18(2)19(3)7-8-20(4)24-11-12-25-23-10-9-21-17-22(29)13-15-27(21,5)26(23)14-16-28(24,25)6/h10,18-22,24-26,29H,7-9,11-17H2,1-6H3/t19?,20-,21+,22?,24?,25?,26?,27?,28?/m1/s1. The Labute approximate surface area is 181 Å². The Kier molecular flexibility index (Phi) is 6.04. The molecule has 0 heterocycles. The number of hydrogen-bond donors (Lipinski definition) is 1. The van der Waals surface area contributed by atoms with Gasteiger partial charge in [0.25, 0.3) is 0 Å². The average molecular weight is 401 g/mol. The molecule has 1 N–H and O–H groups in total. The van der Waals surface area contributed by atoms with Crippen LogP contribution in [0.4, 0.5) is 0 Å². The fourth-order valence-corrected chi connectivity index (χ4v) is 8.53. The van der Waals surface area contributed by atoms with Crippen LogP contribution in [-0.2, 0) is 0 Å². The number of hydrogen-bond acceptors (Lipinski definition) is 1. The maximum Gasteiger partial charge on any atom is 0.0543 e. The van der Waals surface area contributed by atoms with Crippen LogP contribution in [0.3, 0.4) is 0 Å². The summed E-state index contributed by atoms with van der Waals surface area (Å²) in [5, 5.41) is 10.2. The lowest BCUT2D eigenvalue weighted by Crippen LogP contribution is -2.49. The monoisotopic (exact) mass is 400 g/mol. The van der Waals surface area contributed by atoms with Crippen molar-refractivity contribution in [3.05, 3.63) is 11.6 Å². The topological polar surface area (TPSA) is 20.2 Å². The maximum atomic E-state index is 10.2. The van der Waals surface area contributed by atoms with Gasteiger partial charge in [0.1, 0.15) is 0 Å². The van der Waals surface area contributed by atoms with E-state index in [1.165, 1.54) is 51.4 Å². The molecule has 0 bridgehead atoms. The van der Waals surface area contributed by atoms with Gasteiger partial charge < -0.3 is 5.11 Å². The SMILES string of the molecule is CC(C)C(C)CC[C@@H](C)C1CCC2C3=CC[C@H]4CC(O)CCC4(C)C3CCC21C. The summed E-state index contributed by atoms with van der Waals surface area (Å²) < 4.78 is 0. The lowest BCUT2D eigenvalue weighted by atomic mass is 9.47. The fourth-order valence-electron chi connectivity index (χ4n) is 8.53. The number of rotatable bonds is 5. The van der Waals surface area contributed by atoms with E-state index in [0.717, 1.165) is 54.3 Å². The Morgan fingerprint density at radius 2 is 1.62 bits per heavy atom. The zero-order chi connectivity index (χ0) is 21.0. The van der Waals surface area contributed by atoms with Crippen LogP contribution in [0.25, 0.3) is 0 Å². The van der Waals surface area contributed by atoms with Crippen molar-refractivity contribution in [1.29, 1.82) is 0 Å². The molecule has 0 aliphatic heterocycles. The van der Waals surface area contributed by atoms with Crippen molar-refractivity contribution in [2.75, 3.05) is 0 Å². The molecule has 29 heavy (non-hydrogen) atoms. The van der Waals surface area contributed by atoms with Crippen molar-refractivity contribution in [3.63, 3.8) is 0 Å². The summed E-state index contributed by atoms with van der Waals surface area (Å²) in [6.07, 6.45) is 15.8. The van der Waals surface area contributed by atoms with Crippen molar-refractivity contribution in [3.8, 4) is 0 Å². The van der Waals surface area contributed by atoms with Gasteiger partial charge in [-0.25, -0.2) is 0 Å². The third-order valence-electron chi connectivity index (χ3n) is 11.0. The first-order valence-electron chi connectivity index (χ1n) is 13.0. The van der Waals surface area contributed by atoms with Gasteiger partial charge in [0.2, 0.25) is 0 Å². The molecular weight excluding hydrogens is 352 g/mol. The van der Waals surface area contributed by atoms with Gasteiger partial charge in [0.05, 0.1) is 6.10 Å². The summed E-state index contributed by atoms with van der Waals surface area (Å²) in [7, 11) is 0. The zero-order valence-corrected chi connectivity index (χ0v) is 20.2. The number of allylic oxidation sites excluding steroid dienone is 2. The Bertz CT molecular complexity index is 620. The molecule has 0 amide bonds. The van der Waals surface area contributed by atoms with Crippen LogP contribution in [0.15, 0.2) is 11.6 Å². The number of fused-ring (bicyclic) bond motifs is 5. The summed E-state index contributed by atoms with van der Waals surface area (Å²) in [5.74, 6) is 5.85. The van der Waals surface area contributed by atoms with E-state index in [9.17, 15) is 5.11 Å². The Balaban J connectivity index is 1.50. The largest absolute Gasteiger partial charge is 0.393 e. The number of aliphatic hydroxyl groups excluding tert-OH is 1. The smallest absolute Gasteiger partial charge is 0.0543 e. The molecule has 0 aromatic carbocycles. The molecule has 0 radical (unpaired) electrons. The molecule has 3 saturated carbocycles. The van der Waals surface area contributed by atoms with E-state index in [0.29, 0.717) is 10.8 Å². The normalized spacial score (nSPS) is 46.5. The first-order valence-corrected chi connectivity index (χ1v) is 13.0. The van der Waals surface area contributed by atoms with E-state index in [-0.39, 0.29) is 6.10 Å². The molecule has 7 unspecified atom stereocenters. The highest BCUT2D eigenvalue weighted by Crippen LogP contribution is 2.67. The zero-order valence-electron chi connectivity index (χ0n) is 20.2. The van der Waals surface area contributed by atoms with Crippen molar-refractivity contribution in [1.82, 2.24) is 0 Å². The third-order valence-corrected chi connectivity index (χ3v) is 11.0. The van der Waals surface area contributed by atoms with Gasteiger partial charge in [-0.1, -0.05) is 66.0 Å². The van der Waals surface area contributed by atoms with Crippen LogP contribution in [-0.4, -0.2) is 11.2 Å². The van der Waals surface area contributed by atoms with Crippen molar-refractivity contribution in [2.24, 2.45) is 52.3 Å². The second-order valence-corrected chi connectivity index (χ2v) is 12.7. The van der Waals surface area contributed by atoms with Crippen LogP contribution < -0.4 is 0 Å². The van der Waals surface area contributed by atoms with Crippen LogP contribution >= 0.6 is 0 Å². The fraction of sp³-hybridized carbons (Fsp3) is 0.929. The Hall–Kier alpha value is -0.300. The first kappa shape index (κ1) is 21.9. The predicted molar refractivity (Wildman–Crippen MR) is 124 cm³/mol. The molecule has 166 valence electrons. The molecule has 4 aliphatic carbocycles. The van der Waals surface area contributed by atoms with Gasteiger partial charge in [-0.2, -0.15) is 0 Å². The minimum absolute atomic E-state index is 0.0400. The summed E-state index contributed by atoms with van der Waals surface area (Å²) in [6.45, 7) is 15.1. The summed E-state index contributed by atoms with van der Waals surface area (Å²) in [6, 6.07) is 0. The Morgan fingerprint density at radius 3 is 2.34 bits per heavy atom. The highest BCUT2D eigenvalue weighted by molar-refractivity contribution is 5.27. The lowest BCUT2D eigenvalue weighted by Gasteiger charge is -2.57. The van der Waals surface area contributed by atoms with E-state index in [1.54, 1.807) is 0 Å². The van der Waals surface area contributed by atoms with Crippen molar-refractivity contribution < 1.29 is 5.11 Å². The van der Waals surface area contributed by atoms with E-state index >= 15 is 0 Å². The lowest BCUT2D eigenvalue weighted by molar-refractivity contribution is -0.0428. The molecule has 0 aromatic heterocycles. The third kappa shape index (κ3) is 3.66. The summed E-state index contributed by atoms with van der Waals surface area (Å²) in [4.78, 5) is 0. The Morgan fingerprint density at radius 1 is 0.931 bits per heavy atom. The minimum Gasteiger partial charge on any atom is -0.393 e. The second-order valence-electron chi connectivity index (χ2n) is 12.7. The quantitative estimate of drug-likeness (QED) is 0.470. The molecule has 0 spiro atoms. The molecule has 4 aliphatic rings. The average Bonchev–Trinajstić information content (AvgIpc) is 3.03. The van der Waals surface area contributed by atoms with Gasteiger partial charge in [-0.15, -0.1) is 0 Å². The molecule has 1 nitrogen and oxygen atoms in total. The number of aliphatic hydroxyl groups is 1. The molecule has 0 aromatic rings. The molecule has 9 atom stereocenters. The maximum absolute atomic E-state index is 10.2. The molecule has 4 rings (SSSR count). The molecule has 0 saturated heterocycles. The second kappa shape index (κ2) is 7.99. The minimum atomic E-state index is -0.0400. The van der Waals surface area contributed by atoms with E-state index < -0.39 is 0 Å². The highest BCUT2D eigenvalue weighted by Gasteiger charge is 2.58. The van der Waals surface area contributed by atoms with Crippen LogP contribution in [0, 0.1) is 52.3 Å². The van der Waals surface area contributed by atoms with Gasteiger partial charge in [-0.3, -0.25) is 0 Å². The van der Waals surface area contributed by atoms with Gasteiger partial charge in [0, 0.05) is 0 Å².